The van der Waals surface area contributed by atoms with Crippen LogP contribution in [0.25, 0.3) is 0 Å². The lowest BCUT2D eigenvalue weighted by Gasteiger charge is -2.06. The summed E-state index contributed by atoms with van der Waals surface area (Å²) in [6.07, 6.45) is 0. The maximum absolute atomic E-state index is 12.2. The minimum absolute atomic E-state index is 0.102. The highest BCUT2D eigenvalue weighted by molar-refractivity contribution is 7.99. The molecule has 0 radical (unpaired) electrons. The van der Waals surface area contributed by atoms with Crippen LogP contribution in [0.15, 0.2) is 59.5 Å². The fraction of sp³-hybridized carbons (Fsp3) is 0.188. The van der Waals surface area contributed by atoms with E-state index in [1.165, 1.54) is 17.3 Å². The van der Waals surface area contributed by atoms with Crippen LogP contribution < -0.4 is 5.32 Å². The largest absolute Gasteiger partial charge is 0.325 e. The van der Waals surface area contributed by atoms with E-state index in [0.29, 0.717) is 28.1 Å². The van der Waals surface area contributed by atoms with Crippen LogP contribution in [-0.4, -0.2) is 17.4 Å². The first-order chi connectivity index (χ1) is 10.6. The molecule has 0 spiro atoms. The molecule has 0 saturated heterocycles. The van der Waals surface area contributed by atoms with Crippen molar-refractivity contribution >= 4 is 35.1 Å². The number of hydrogen-bond acceptors (Lipinski definition) is 3. The third kappa shape index (κ3) is 6.07. The summed E-state index contributed by atoms with van der Waals surface area (Å²) in [5, 5.41) is 2.75. The lowest BCUT2D eigenvalue weighted by Crippen LogP contribution is -2.14. The molecule has 0 aliphatic rings. The summed E-state index contributed by atoms with van der Waals surface area (Å²) in [5.74, 6) is -1.41. The molecule has 1 N–H and O–H groups in total. The van der Waals surface area contributed by atoms with Crippen LogP contribution in [0.2, 0.25) is 0 Å². The molecule has 0 fully saturated rings. The van der Waals surface area contributed by atoms with Crippen LogP contribution in [0.3, 0.4) is 0 Å². The average molecular weight is 339 g/mol. The molecular formula is C16H15F2NOS2. The average Bonchev–Trinajstić information content (AvgIpc) is 2.50. The Morgan fingerprint density at radius 3 is 2.36 bits per heavy atom. The molecule has 22 heavy (non-hydrogen) atoms. The standard InChI is InChI=1S/C16H15F2NOS2/c17-16(18)22-14-8-6-13(7-9-14)19-15(20)11-21-10-12-4-2-1-3-5-12/h1-9,16H,10-11H2,(H,19,20). The zero-order valence-corrected chi connectivity index (χ0v) is 13.3. The zero-order chi connectivity index (χ0) is 15.8. The van der Waals surface area contributed by atoms with E-state index >= 15 is 0 Å². The van der Waals surface area contributed by atoms with Gasteiger partial charge in [-0.15, -0.1) is 11.8 Å². The van der Waals surface area contributed by atoms with Crippen molar-refractivity contribution in [3.63, 3.8) is 0 Å². The van der Waals surface area contributed by atoms with Gasteiger partial charge in [0.25, 0.3) is 5.76 Å². The van der Waals surface area contributed by atoms with Crippen LogP contribution in [0, 0.1) is 0 Å². The highest BCUT2D eigenvalue weighted by Gasteiger charge is 2.06. The zero-order valence-electron chi connectivity index (χ0n) is 11.7. The lowest BCUT2D eigenvalue weighted by atomic mass is 10.2. The molecule has 0 bridgehead atoms. The Bertz CT molecular complexity index is 591. The predicted molar refractivity (Wildman–Crippen MR) is 89.5 cm³/mol. The molecular weight excluding hydrogens is 324 g/mol. The number of carbonyl (C=O) groups excluding carboxylic acids is 1. The van der Waals surface area contributed by atoms with Crippen LogP contribution in [-0.2, 0) is 10.5 Å². The van der Waals surface area contributed by atoms with Gasteiger partial charge in [-0.1, -0.05) is 42.1 Å². The van der Waals surface area contributed by atoms with E-state index in [2.05, 4.69) is 5.32 Å². The van der Waals surface area contributed by atoms with Crippen molar-refractivity contribution < 1.29 is 13.6 Å². The number of amides is 1. The Labute approximate surface area is 136 Å². The fourth-order valence-corrected chi connectivity index (χ4v) is 3.04. The molecule has 0 heterocycles. The molecule has 2 rings (SSSR count). The summed E-state index contributed by atoms with van der Waals surface area (Å²) in [5.41, 5.74) is 1.79. The first-order valence-corrected chi connectivity index (χ1v) is 8.63. The predicted octanol–water partition coefficient (Wildman–Crippen LogP) is 4.87. The van der Waals surface area contributed by atoms with Gasteiger partial charge in [-0.25, -0.2) is 0 Å². The second-order valence-corrected chi connectivity index (χ2v) is 6.48. The van der Waals surface area contributed by atoms with Gasteiger partial charge in [-0.3, -0.25) is 4.79 Å². The molecule has 6 heteroatoms. The summed E-state index contributed by atoms with van der Waals surface area (Å²) in [7, 11) is 0. The maximum Gasteiger partial charge on any atom is 0.288 e. The van der Waals surface area contributed by atoms with Crippen molar-refractivity contribution in [1.82, 2.24) is 0 Å². The molecule has 0 aliphatic heterocycles. The number of anilines is 1. The minimum Gasteiger partial charge on any atom is -0.325 e. The highest BCUT2D eigenvalue weighted by Crippen LogP contribution is 2.26. The van der Waals surface area contributed by atoms with Gasteiger partial charge in [0.05, 0.1) is 5.75 Å². The van der Waals surface area contributed by atoms with E-state index in [0.717, 1.165) is 5.75 Å². The van der Waals surface area contributed by atoms with Crippen molar-refractivity contribution in [3.05, 3.63) is 60.2 Å². The Morgan fingerprint density at radius 2 is 1.73 bits per heavy atom. The van der Waals surface area contributed by atoms with Gasteiger partial charge in [0.1, 0.15) is 0 Å². The Hall–Kier alpha value is -1.53. The third-order valence-corrected chi connectivity index (χ3v) is 4.43. The number of rotatable bonds is 7. The minimum atomic E-state index is -2.44. The molecule has 0 aromatic heterocycles. The molecule has 1 amide bonds. The second kappa shape index (κ2) is 8.80. The number of nitrogens with one attached hydrogen (secondary N) is 1. The molecule has 0 unspecified atom stereocenters. The maximum atomic E-state index is 12.2. The van der Waals surface area contributed by atoms with Crippen LogP contribution in [0.4, 0.5) is 14.5 Å². The summed E-state index contributed by atoms with van der Waals surface area (Å²) in [6, 6.07) is 16.3. The highest BCUT2D eigenvalue weighted by atomic mass is 32.2. The van der Waals surface area contributed by atoms with Gasteiger partial charge in [-0.2, -0.15) is 8.78 Å². The molecule has 2 aromatic carbocycles. The quantitative estimate of drug-likeness (QED) is 0.730. The molecule has 2 nitrogen and oxygen atoms in total. The van der Waals surface area contributed by atoms with E-state index in [1.54, 1.807) is 24.3 Å². The summed E-state index contributed by atoms with van der Waals surface area (Å²) < 4.78 is 24.4. The molecule has 2 aromatic rings. The van der Waals surface area contributed by atoms with E-state index in [-0.39, 0.29) is 5.91 Å². The first kappa shape index (κ1) is 16.8. The molecule has 116 valence electrons. The Morgan fingerprint density at radius 1 is 1.05 bits per heavy atom. The van der Waals surface area contributed by atoms with Gasteiger partial charge >= 0.3 is 0 Å². The Balaban J connectivity index is 1.74. The van der Waals surface area contributed by atoms with Crippen molar-refractivity contribution in [1.29, 1.82) is 0 Å². The van der Waals surface area contributed by atoms with Crippen molar-refractivity contribution in [2.24, 2.45) is 0 Å². The van der Waals surface area contributed by atoms with Crippen molar-refractivity contribution in [2.45, 2.75) is 16.4 Å². The van der Waals surface area contributed by atoms with Gasteiger partial charge in [-0.05, 0) is 29.8 Å². The summed E-state index contributed by atoms with van der Waals surface area (Å²) in [4.78, 5) is 12.3. The Kier molecular flexibility index (Phi) is 6.74. The van der Waals surface area contributed by atoms with Crippen molar-refractivity contribution in [3.8, 4) is 0 Å². The summed E-state index contributed by atoms with van der Waals surface area (Å²) in [6.45, 7) is 0. The van der Waals surface area contributed by atoms with Crippen LogP contribution >= 0.6 is 23.5 Å². The lowest BCUT2D eigenvalue weighted by molar-refractivity contribution is -0.113. The van der Waals surface area contributed by atoms with Gasteiger partial charge < -0.3 is 5.32 Å². The number of carbonyl (C=O) groups is 1. The summed E-state index contributed by atoms with van der Waals surface area (Å²) >= 11 is 2.02. The number of alkyl halides is 2. The van der Waals surface area contributed by atoms with E-state index in [1.807, 2.05) is 30.3 Å². The first-order valence-electron chi connectivity index (χ1n) is 6.60. The van der Waals surface area contributed by atoms with Crippen LogP contribution in [0.1, 0.15) is 5.56 Å². The fourth-order valence-electron chi connectivity index (χ4n) is 1.75. The second-order valence-electron chi connectivity index (χ2n) is 4.43. The molecule has 0 aliphatic carbocycles. The van der Waals surface area contributed by atoms with Crippen molar-refractivity contribution in [2.75, 3.05) is 11.1 Å². The van der Waals surface area contributed by atoms with Crippen LogP contribution in [0.5, 0.6) is 0 Å². The van der Waals surface area contributed by atoms with E-state index in [9.17, 15) is 13.6 Å². The number of hydrogen-bond donors (Lipinski definition) is 1. The number of benzene rings is 2. The topological polar surface area (TPSA) is 29.1 Å². The monoisotopic (exact) mass is 339 g/mol. The van der Waals surface area contributed by atoms with E-state index < -0.39 is 5.76 Å². The SMILES string of the molecule is O=C(CSCc1ccccc1)Nc1ccc(SC(F)F)cc1. The van der Waals surface area contributed by atoms with Gasteiger partial charge in [0.15, 0.2) is 0 Å². The molecule has 0 saturated carbocycles. The van der Waals surface area contributed by atoms with Gasteiger partial charge in [0, 0.05) is 16.3 Å². The van der Waals surface area contributed by atoms with Gasteiger partial charge in [0.2, 0.25) is 5.91 Å². The smallest absolute Gasteiger partial charge is 0.288 e. The third-order valence-electron chi connectivity index (χ3n) is 2.71. The normalized spacial score (nSPS) is 10.7. The molecule has 0 atom stereocenters. The van der Waals surface area contributed by atoms with E-state index in [4.69, 9.17) is 0 Å². The number of halogens is 2. The number of thioether (sulfide) groups is 2.